The van der Waals surface area contributed by atoms with E-state index in [0.717, 1.165) is 0 Å². The lowest BCUT2D eigenvalue weighted by molar-refractivity contribution is -0.148. The summed E-state index contributed by atoms with van der Waals surface area (Å²) in [7, 11) is 4.11. The van der Waals surface area contributed by atoms with Crippen molar-refractivity contribution in [3.63, 3.8) is 0 Å². The second-order valence-corrected chi connectivity index (χ2v) is 7.08. The van der Waals surface area contributed by atoms with Crippen molar-refractivity contribution in [2.45, 2.75) is 36.1 Å². The van der Waals surface area contributed by atoms with Gasteiger partial charge in [-0.15, -0.1) is 11.8 Å². The molecule has 3 atom stereocenters. The molecule has 0 bridgehead atoms. The van der Waals surface area contributed by atoms with Crippen LogP contribution in [0.1, 0.15) is 13.8 Å². The largest absolute Gasteiger partial charge is 0.467 e. The molecule has 0 aliphatic carbocycles. The smallest absolute Gasteiger partial charge is 0.331 e. The molecule has 2 heterocycles. The Morgan fingerprint density at radius 3 is 2.25 bits per heavy atom. The van der Waals surface area contributed by atoms with Crippen LogP contribution in [0.2, 0.25) is 0 Å². The van der Waals surface area contributed by atoms with Crippen LogP contribution in [-0.4, -0.2) is 71.2 Å². The molecule has 0 aromatic carbocycles. The average molecular weight is 302 g/mol. The first kappa shape index (κ1) is 15.0. The summed E-state index contributed by atoms with van der Waals surface area (Å²) in [5, 5.41) is -0.445. The molecule has 0 N–H and O–H groups in total. The number of amides is 2. The number of fused-ring (bicyclic) bond motifs is 1. The second kappa shape index (κ2) is 4.83. The van der Waals surface area contributed by atoms with Gasteiger partial charge in [0.25, 0.3) is 0 Å². The van der Waals surface area contributed by atoms with Crippen molar-refractivity contribution in [2.24, 2.45) is 0 Å². The highest BCUT2D eigenvalue weighted by molar-refractivity contribution is 8.01. The number of esters is 2. The molecule has 7 nitrogen and oxygen atoms in total. The van der Waals surface area contributed by atoms with Gasteiger partial charge in [-0.3, -0.25) is 4.90 Å². The molecule has 2 aliphatic rings. The van der Waals surface area contributed by atoms with Gasteiger partial charge in [-0.1, -0.05) is 0 Å². The van der Waals surface area contributed by atoms with E-state index in [2.05, 4.69) is 0 Å². The van der Waals surface area contributed by atoms with Crippen molar-refractivity contribution in [1.29, 1.82) is 0 Å². The summed E-state index contributed by atoms with van der Waals surface area (Å²) in [6, 6.07) is -1.79. The van der Waals surface area contributed by atoms with Gasteiger partial charge in [-0.05, 0) is 13.8 Å². The zero-order chi connectivity index (χ0) is 15.2. The number of carbonyl (C=O) groups excluding carboxylic acids is 3. The number of nitrogens with zero attached hydrogens (tertiary/aromatic N) is 2. The van der Waals surface area contributed by atoms with E-state index >= 15 is 0 Å². The molecular formula is C12H18N2O5S. The molecule has 2 saturated heterocycles. The Hall–Kier alpha value is -1.44. The van der Waals surface area contributed by atoms with Crippen molar-refractivity contribution in [2.75, 3.05) is 21.3 Å². The molecule has 0 saturated carbocycles. The van der Waals surface area contributed by atoms with Crippen LogP contribution in [0.4, 0.5) is 4.79 Å². The number of rotatable bonds is 2. The number of thioether (sulfide) groups is 1. The number of urea groups is 1. The van der Waals surface area contributed by atoms with Crippen LogP contribution in [0.3, 0.4) is 0 Å². The van der Waals surface area contributed by atoms with E-state index in [4.69, 9.17) is 9.47 Å². The van der Waals surface area contributed by atoms with Crippen LogP contribution < -0.4 is 0 Å². The molecular weight excluding hydrogens is 284 g/mol. The standard InChI is InChI=1S/C12H18N2O5S/c1-12(2)7(10(16)19-5)14-8(20-12)6(9(15)18-4)13(3)11(14)17/h6-8H,1-5H3/t6-,7?,8+/m0/s1. The highest BCUT2D eigenvalue weighted by Crippen LogP contribution is 2.50. The van der Waals surface area contributed by atoms with E-state index in [0.29, 0.717) is 0 Å². The minimum Gasteiger partial charge on any atom is -0.467 e. The Bertz CT molecular complexity index is 467. The van der Waals surface area contributed by atoms with Gasteiger partial charge in [0.05, 0.1) is 14.2 Å². The van der Waals surface area contributed by atoms with E-state index < -0.39 is 34.1 Å². The zero-order valence-corrected chi connectivity index (χ0v) is 12.9. The summed E-state index contributed by atoms with van der Waals surface area (Å²) >= 11 is 1.41. The minimum absolute atomic E-state index is 0.362. The Morgan fingerprint density at radius 1 is 1.20 bits per heavy atom. The van der Waals surface area contributed by atoms with Gasteiger partial charge in [-0.25, -0.2) is 14.4 Å². The quantitative estimate of drug-likeness (QED) is 0.682. The zero-order valence-electron chi connectivity index (χ0n) is 12.1. The molecule has 2 aliphatic heterocycles. The normalized spacial score (nSPS) is 31.2. The van der Waals surface area contributed by atoms with Crippen LogP contribution in [-0.2, 0) is 19.1 Å². The first-order valence-electron chi connectivity index (χ1n) is 6.15. The fraction of sp³-hybridized carbons (Fsp3) is 0.750. The first-order chi connectivity index (χ1) is 9.26. The average Bonchev–Trinajstić information content (AvgIpc) is 2.79. The molecule has 0 aromatic heterocycles. The highest BCUT2D eigenvalue weighted by Gasteiger charge is 2.63. The van der Waals surface area contributed by atoms with Gasteiger partial charge >= 0.3 is 18.0 Å². The predicted molar refractivity (Wildman–Crippen MR) is 72.1 cm³/mol. The number of methoxy groups -OCH3 is 2. The van der Waals surface area contributed by atoms with Gasteiger partial charge < -0.3 is 14.4 Å². The number of ether oxygens (including phenoxy) is 2. The molecule has 20 heavy (non-hydrogen) atoms. The molecule has 2 amide bonds. The summed E-state index contributed by atoms with van der Waals surface area (Å²) in [6.07, 6.45) is 0. The van der Waals surface area contributed by atoms with E-state index in [1.165, 1.54) is 42.8 Å². The van der Waals surface area contributed by atoms with E-state index in [-0.39, 0.29) is 6.03 Å². The SMILES string of the molecule is COC(=O)C1N2C(=O)N(C)[C@H](C(=O)OC)[C@H]2SC1(C)C. The number of hydrogen-bond donors (Lipinski definition) is 0. The molecule has 0 spiro atoms. The Kier molecular flexibility index (Phi) is 3.62. The molecule has 8 heteroatoms. The topological polar surface area (TPSA) is 76.2 Å². The maximum absolute atomic E-state index is 12.4. The third-order valence-corrected chi connectivity index (χ3v) is 5.27. The third kappa shape index (κ3) is 1.93. The van der Waals surface area contributed by atoms with Crippen LogP contribution in [0.5, 0.6) is 0 Å². The summed E-state index contributed by atoms with van der Waals surface area (Å²) in [4.78, 5) is 39.0. The van der Waals surface area contributed by atoms with Gasteiger partial charge in [0.2, 0.25) is 0 Å². The van der Waals surface area contributed by atoms with E-state index in [1.54, 1.807) is 0 Å². The molecule has 1 unspecified atom stereocenters. The van der Waals surface area contributed by atoms with Gasteiger partial charge in [-0.2, -0.15) is 0 Å². The Balaban J connectivity index is 2.41. The number of carbonyl (C=O) groups is 3. The first-order valence-corrected chi connectivity index (χ1v) is 7.02. The van der Waals surface area contributed by atoms with Crippen molar-refractivity contribution in [3.05, 3.63) is 0 Å². The summed E-state index contributed by atoms with van der Waals surface area (Å²) < 4.78 is 9.04. The third-order valence-electron chi connectivity index (χ3n) is 3.71. The maximum atomic E-state index is 12.4. The van der Waals surface area contributed by atoms with Gasteiger partial charge in [0.15, 0.2) is 6.04 Å². The van der Waals surface area contributed by atoms with Crippen molar-refractivity contribution in [1.82, 2.24) is 9.80 Å². The van der Waals surface area contributed by atoms with E-state index in [1.807, 2.05) is 13.8 Å². The maximum Gasteiger partial charge on any atom is 0.331 e. The van der Waals surface area contributed by atoms with Crippen LogP contribution in [0, 0.1) is 0 Å². The lowest BCUT2D eigenvalue weighted by Crippen LogP contribution is -2.49. The fourth-order valence-corrected chi connectivity index (χ4v) is 4.46. The minimum atomic E-state index is -0.716. The van der Waals surface area contributed by atoms with Crippen LogP contribution >= 0.6 is 11.8 Å². The fourth-order valence-electron chi connectivity index (χ4n) is 2.75. The van der Waals surface area contributed by atoms with Gasteiger partial charge in [0, 0.05) is 11.8 Å². The van der Waals surface area contributed by atoms with Crippen molar-refractivity contribution in [3.8, 4) is 0 Å². The number of likely N-dealkylation sites (N-methyl/N-ethyl adjacent to an activating group) is 1. The lowest BCUT2D eigenvalue weighted by atomic mass is 10.0. The summed E-state index contributed by atoms with van der Waals surface area (Å²) in [6.45, 7) is 3.72. The molecule has 112 valence electrons. The Morgan fingerprint density at radius 2 is 1.75 bits per heavy atom. The monoisotopic (exact) mass is 302 g/mol. The lowest BCUT2D eigenvalue weighted by Gasteiger charge is -2.28. The van der Waals surface area contributed by atoms with Crippen LogP contribution in [0.15, 0.2) is 0 Å². The van der Waals surface area contributed by atoms with Crippen LogP contribution in [0.25, 0.3) is 0 Å². The summed E-state index contributed by atoms with van der Waals surface area (Å²) in [5.74, 6) is -0.959. The molecule has 2 rings (SSSR count). The second-order valence-electron chi connectivity index (χ2n) is 5.31. The highest BCUT2D eigenvalue weighted by atomic mass is 32.2. The van der Waals surface area contributed by atoms with Crippen molar-refractivity contribution >= 4 is 29.7 Å². The number of hydrogen-bond acceptors (Lipinski definition) is 6. The molecule has 0 radical (unpaired) electrons. The Labute approximate surface area is 121 Å². The molecule has 0 aromatic rings. The van der Waals surface area contributed by atoms with Gasteiger partial charge in [0.1, 0.15) is 11.4 Å². The van der Waals surface area contributed by atoms with Crippen molar-refractivity contribution < 1.29 is 23.9 Å². The summed E-state index contributed by atoms with van der Waals surface area (Å²) in [5.41, 5.74) is 0. The molecule has 2 fully saturated rings. The predicted octanol–water partition coefficient (Wildman–Crippen LogP) is 0.288. The van der Waals surface area contributed by atoms with E-state index in [9.17, 15) is 14.4 Å².